The Balaban J connectivity index is 2.04. The third kappa shape index (κ3) is 2.11. The molecule has 0 radical (unpaired) electrons. The van der Waals surface area contributed by atoms with Gasteiger partial charge >= 0.3 is 0 Å². The van der Waals surface area contributed by atoms with Crippen molar-refractivity contribution >= 4 is 27.7 Å². The van der Waals surface area contributed by atoms with Crippen LogP contribution in [0, 0.1) is 0 Å². The SMILES string of the molecule is CNC(=O)c1ccc2ncc3c(-c4cccnc4)nn(C)c3c2c1. The van der Waals surface area contributed by atoms with Crippen molar-refractivity contribution in [3.05, 3.63) is 54.5 Å². The average molecular weight is 317 g/mol. The molecule has 1 amide bonds. The van der Waals surface area contributed by atoms with Crippen molar-refractivity contribution < 1.29 is 4.79 Å². The van der Waals surface area contributed by atoms with E-state index in [1.54, 1.807) is 25.5 Å². The molecule has 4 rings (SSSR count). The Hall–Kier alpha value is -3.28. The highest BCUT2D eigenvalue weighted by Gasteiger charge is 2.15. The number of pyridine rings is 2. The normalized spacial score (nSPS) is 11.1. The first-order valence-corrected chi connectivity index (χ1v) is 7.57. The molecule has 0 aliphatic carbocycles. The molecule has 4 aromatic rings. The molecule has 24 heavy (non-hydrogen) atoms. The van der Waals surface area contributed by atoms with E-state index in [-0.39, 0.29) is 5.91 Å². The van der Waals surface area contributed by atoms with Gasteiger partial charge in [-0.05, 0) is 30.3 Å². The van der Waals surface area contributed by atoms with Gasteiger partial charge < -0.3 is 5.32 Å². The molecule has 6 heteroatoms. The van der Waals surface area contributed by atoms with Crippen molar-refractivity contribution in [2.45, 2.75) is 0 Å². The fourth-order valence-electron chi connectivity index (χ4n) is 2.96. The van der Waals surface area contributed by atoms with Crippen LogP contribution in [-0.4, -0.2) is 32.7 Å². The lowest BCUT2D eigenvalue weighted by Gasteiger charge is -2.04. The van der Waals surface area contributed by atoms with Gasteiger partial charge in [0.05, 0.1) is 11.0 Å². The van der Waals surface area contributed by atoms with Crippen molar-refractivity contribution in [1.82, 2.24) is 25.1 Å². The summed E-state index contributed by atoms with van der Waals surface area (Å²) in [5.74, 6) is -0.122. The summed E-state index contributed by atoms with van der Waals surface area (Å²) < 4.78 is 1.83. The summed E-state index contributed by atoms with van der Waals surface area (Å²) in [7, 11) is 3.52. The molecule has 1 N–H and O–H groups in total. The number of nitrogens with zero attached hydrogens (tertiary/aromatic N) is 4. The van der Waals surface area contributed by atoms with Gasteiger partial charge in [-0.1, -0.05) is 0 Å². The van der Waals surface area contributed by atoms with Gasteiger partial charge in [0.1, 0.15) is 5.69 Å². The number of nitrogens with one attached hydrogen (secondary N) is 1. The monoisotopic (exact) mass is 317 g/mol. The molecular weight excluding hydrogens is 302 g/mol. The first-order chi connectivity index (χ1) is 11.7. The number of carbonyl (C=O) groups excluding carboxylic acids is 1. The van der Waals surface area contributed by atoms with Gasteiger partial charge in [0.2, 0.25) is 0 Å². The summed E-state index contributed by atoms with van der Waals surface area (Å²) in [4.78, 5) is 20.6. The molecule has 0 spiro atoms. The molecular formula is C18H15N5O. The Morgan fingerprint density at radius 1 is 1.17 bits per heavy atom. The van der Waals surface area contributed by atoms with Crippen LogP contribution in [0.2, 0.25) is 0 Å². The van der Waals surface area contributed by atoms with Crippen LogP contribution in [0.1, 0.15) is 10.4 Å². The summed E-state index contributed by atoms with van der Waals surface area (Å²) in [6.45, 7) is 0. The molecule has 1 aromatic carbocycles. The number of aromatic nitrogens is 4. The zero-order valence-electron chi connectivity index (χ0n) is 13.3. The minimum absolute atomic E-state index is 0.122. The van der Waals surface area contributed by atoms with Crippen LogP contribution in [-0.2, 0) is 7.05 Å². The van der Waals surface area contributed by atoms with Crippen molar-refractivity contribution in [1.29, 1.82) is 0 Å². The van der Waals surface area contributed by atoms with Crippen LogP contribution in [0.4, 0.5) is 0 Å². The summed E-state index contributed by atoms with van der Waals surface area (Å²) in [5, 5.41) is 9.13. The van der Waals surface area contributed by atoms with Crippen LogP contribution in [0.15, 0.2) is 48.9 Å². The summed E-state index contributed by atoms with van der Waals surface area (Å²) >= 11 is 0. The molecule has 0 aliphatic heterocycles. The average Bonchev–Trinajstić information content (AvgIpc) is 2.98. The summed E-state index contributed by atoms with van der Waals surface area (Å²) in [5.41, 5.74) is 4.15. The van der Waals surface area contributed by atoms with Gasteiger partial charge in [0, 0.05) is 54.6 Å². The Kier molecular flexibility index (Phi) is 3.23. The van der Waals surface area contributed by atoms with Crippen molar-refractivity contribution in [3.8, 4) is 11.3 Å². The Labute approximate surface area is 138 Å². The number of carbonyl (C=O) groups is 1. The fourth-order valence-corrected chi connectivity index (χ4v) is 2.96. The van der Waals surface area contributed by atoms with E-state index in [1.807, 2.05) is 42.2 Å². The van der Waals surface area contributed by atoms with Crippen LogP contribution < -0.4 is 5.32 Å². The molecule has 0 unspecified atom stereocenters. The number of rotatable bonds is 2. The summed E-state index contributed by atoms with van der Waals surface area (Å²) in [6.07, 6.45) is 5.34. The molecule has 0 fully saturated rings. The van der Waals surface area contributed by atoms with E-state index >= 15 is 0 Å². The maximum Gasteiger partial charge on any atom is 0.251 e. The number of hydrogen-bond donors (Lipinski definition) is 1. The third-order valence-corrected chi connectivity index (χ3v) is 4.09. The van der Waals surface area contributed by atoms with Gasteiger partial charge in [0.25, 0.3) is 5.91 Å². The van der Waals surface area contributed by atoms with Gasteiger partial charge in [-0.3, -0.25) is 19.4 Å². The number of amides is 1. The minimum Gasteiger partial charge on any atom is -0.355 e. The molecule has 118 valence electrons. The fraction of sp³-hybridized carbons (Fsp3) is 0.111. The standard InChI is InChI=1S/C18H15N5O/c1-19-18(24)11-5-6-15-13(8-11)17-14(10-21-15)16(22-23(17)2)12-4-3-7-20-9-12/h3-10H,1-2H3,(H,19,24). The first kappa shape index (κ1) is 14.3. The highest BCUT2D eigenvalue weighted by molar-refractivity contribution is 6.10. The second-order valence-corrected chi connectivity index (χ2v) is 5.55. The van der Waals surface area contributed by atoms with Crippen LogP contribution >= 0.6 is 0 Å². The molecule has 0 aliphatic rings. The van der Waals surface area contributed by atoms with Crippen molar-refractivity contribution in [2.24, 2.45) is 7.05 Å². The second-order valence-electron chi connectivity index (χ2n) is 5.55. The van der Waals surface area contributed by atoms with E-state index < -0.39 is 0 Å². The highest BCUT2D eigenvalue weighted by atomic mass is 16.1. The minimum atomic E-state index is -0.122. The molecule has 0 atom stereocenters. The molecule has 3 heterocycles. The molecule has 0 saturated carbocycles. The molecule has 6 nitrogen and oxygen atoms in total. The Bertz CT molecular complexity index is 1070. The predicted molar refractivity (Wildman–Crippen MR) is 92.6 cm³/mol. The lowest BCUT2D eigenvalue weighted by atomic mass is 10.1. The number of benzene rings is 1. The van der Waals surface area contributed by atoms with E-state index in [2.05, 4.69) is 20.4 Å². The lowest BCUT2D eigenvalue weighted by Crippen LogP contribution is -2.17. The number of aryl methyl sites for hydroxylation is 1. The van der Waals surface area contributed by atoms with Crippen LogP contribution in [0.25, 0.3) is 33.1 Å². The van der Waals surface area contributed by atoms with Crippen LogP contribution in [0.3, 0.4) is 0 Å². The van der Waals surface area contributed by atoms with E-state index in [0.717, 1.165) is 33.1 Å². The zero-order valence-corrected chi connectivity index (χ0v) is 13.3. The largest absolute Gasteiger partial charge is 0.355 e. The Morgan fingerprint density at radius 3 is 2.79 bits per heavy atom. The highest BCUT2D eigenvalue weighted by Crippen LogP contribution is 2.31. The summed E-state index contributed by atoms with van der Waals surface area (Å²) in [6, 6.07) is 9.35. The zero-order chi connectivity index (χ0) is 16.7. The van der Waals surface area contributed by atoms with E-state index in [4.69, 9.17) is 0 Å². The molecule has 0 bridgehead atoms. The van der Waals surface area contributed by atoms with Gasteiger partial charge in [-0.2, -0.15) is 5.10 Å². The maximum absolute atomic E-state index is 11.9. The van der Waals surface area contributed by atoms with E-state index in [0.29, 0.717) is 5.56 Å². The molecule has 0 saturated heterocycles. The second kappa shape index (κ2) is 5.42. The van der Waals surface area contributed by atoms with E-state index in [9.17, 15) is 4.79 Å². The van der Waals surface area contributed by atoms with Crippen molar-refractivity contribution in [2.75, 3.05) is 7.05 Å². The van der Waals surface area contributed by atoms with Crippen LogP contribution in [0.5, 0.6) is 0 Å². The third-order valence-electron chi connectivity index (χ3n) is 4.09. The topological polar surface area (TPSA) is 72.7 Å². The lowest BCUT2D eigenvalue weighted by molar-refractivity contribution is 0.0963. The van der Waals surface area contributed by atoms with Gasteiger partial charge in [0.15, 0.2) is 0 Å². The maximum atomic E-state index is 11.9. The Morgan fingerprint density at radius 2 is 2.04 bits per heavy atom. The smallest absolute Gasteiger partial charge is 0.251 e. The quantitative estimate of drug-likeness (QED) is 0.616. The number of hydrogen-bond acceptors (Lipinski definition) is 4. The number of fused-ring (bicyclic) bond motifs is 3. The predicted octanol–water partition coefficient (Wildman–Crippen LogP) is 2.54. The van der Waals surface area contributed by atoms with Gasteiger partial charge in [-0.25, -0.2) is 0 Å². The molecule has 3 aromatic heterocycles. The van der Waals surface area contributed by atoms with E-state index in [1.165, 1.54) is 0 Å². The van der Waals surface area contributed by atoms with Gasteiger partial charge in [-0.15, -0.1) is 0 Å². The van der Waals surface area contributed by atoms with Crippen molar-refractivity contribution in [3.63, 3.8) is 0 Å². The first-order valence-electron chi connectivity index (χ1n) is 7.57.